The molecule has 2 heterocycles. The number of carbonyl (C=O) groups excluding carboxylic acids is 2. The molecule has 4 atom stereocenters. The Morgan fingerprint density at radius 1 is 1.02 bits per heavy atom. The molecular formula is C31H34F2N4O5S. The van der Waals surface area contributed by atoms with E-state index in [4.69, 9.17) is 0 Å². The first kappa shape index (κ1) is 30.7. The third kappa shape index (κ3) is 6.77. The summed E-state index contributed by atoms with van der Waals surface area (Å²) in [7, 11) is 0. The average molecular weight is 613 g/mol. The standard InChI is InChI=1S/C31H34F2N4O5S/c1-2-43(42)36-17-15-35(16-18-36)31(41)34-23-9-12-25(28(39)19-23)29-26(13-14-27(38)20-3-5-21(32)6-4-20)30(40)37(29)24-10-7-22(33)8-11-24/h3-12,19,26-27,29,38-39H,2,13-18H2,1H3,(H,34,41)/t26-,27+,29-,43-/m1/s1. The Balaban J connectivity index is 1.31. The van der Waals surface area contributed by atoms with Gasteiger partial charge in [0.15, 0.2) is 0 Å². The molecule has 0 spiro atoms. The number of carbonyl (C=O) groups is 2. The van der Waals surface area contributed by atoms with Crippen molar-refractivity contribution >= 4 is 34.7 Å². The summed E-state index contributed by atoms with van der Waals surface area (Å²) < 4.78 is 40.8. The Morgan fingerprint density at radius 2 is 1.65 bits per heavy atom. The predicted octanol–water partition coefficient (Wildman–Crippen LogP) is 4.72. The van der Waals surface area contributed by atoms with Gasteiger partial charge in [0.1, 0.15) is 23.1 Å². The van der Waals surface area contributed by atoms with Crippen LogP contribution < -0.4 is 10.2 Å². The number of phenols is 1. The van der Waals surface area contributed by atoms with E-state index in [9.17, 15) is 33.1 Å². The molecule has 0 radical (unpaired) electrons. The Bertz CT molecular complexity index is 1440. The topological polar surface area (TPSA) is 119 Å². The van der Waals surface area contributed by atoms with E-state index in [0.29, 0.717) is 54.4 Å². The highest BCUT2D eigenvalue weighted by atomic mass is 32.2. The van der Waals surface area contributed by atoms with E-state index in [1.165, 1.54) is 59.5 Å². The molecule has 228 valence electrons. The molecule has 43 heavy (non-hydrogen) atoms. The lowest BCUT2D eigenvalue weighted by molar-refractivity contribution is -0.131. The molecule has 2 fully saturated rings. The van der Waals surface area contributed by atoms with Gasteiger partial charge in [-0.25, -0.2) is 13.6 Å². The van der Waals surface area contributed by atoms with E-state index < -0.39 is 41.1 Å². The van der Waals surface area contributed by atoms with E-state index in [1.54, 1.807) is 17.0 Å². The monoisotopic (exact) mass is 612 g/mol. The largest absolute Gasteiger partial charge is 0.598 e. The number of anilines is 2. The molecule has 3 aromatic carbocycles. The number of halogens is 2. The number of nitrogens with zero attached hydrogens (tertiary/aromatic N) is 3. The number of β-lactam (4-membered cyclic amide) rings is 1. The minimum atomic E-state index is -1.06. The van der Waals surface area contributed by atoms with Gasteiger partial charge in [-0.1, -0.05) is 18.2 Å². The van der Waals surface area contributed by atoms with Crippen molar-refractivity contribution in [1.82, 2.24) is 9.21 Å². The molecule has 0 saturated carbocycles. The maximum Gasteiger partial charge on any atom is 0.321 e. The molecule has 0 unspecified atom stereocenters. The fraction of sp³-hybridized carbons (Fsp3) is 0.355. The van der Waals surface area contributed by atoms with Crippen LogP contribution in [0.25, 0.3) is 0 Å². The molecule has 2 aliphatic heterocycles. The number of hydrogen-bond acceptors (Lipinski definition) is 6. The lowest BCUT2D eigenvalue weighted by Gasteiger charge is -2.48. The van der Waals surface area contributed by atoms with Crippen LogP contribution in [0.1, 0.15) is 43.0 Å². The average Bonchev–Trinajstić information content (AvgIpc) is 3.01. The number of nitrogens with one attached hydrogen (secondary N) is 1. The van der Waals surface area contributed by atoms with Gasteiger partial charge in [-0.3, -0.25) is 4.79 Å². The highest BCUT2D eigenvalue weighted by Gasteiger charge is 2.49. The number of piperazine rings is 1. The quantitative estimate of drug-likeness (QED) is 0.238. The van der Waals surface area contributed by atoms with Crippen LogP contribution in [0, 0.1) is 17.6 Å². The molecule has 5 rings (SSSR count). The molecule has 0 aromatic heterocycles. The van der Waals surface area contributed by atoms with Crippen molar-refractivity contribution in [2.75, 3.05) is 42.1 Å². The minimum absolute atomic E-state index is 0.130. The van der Waals surface area contributed by atoms with Crippen LogP contribution in [0.15, 0.2) is 66.7 Å². The summed E-state index contributed by atoms with van der Waals surface area (Å²) in [5.41, 5.74) is 1.81. The Hall–Kier alpha value is -3.71. The van der Waals surface area contributed by atoms with Crippen molar-refractivity contribution in [2.45, 2.75) is 31.9 Å². The molecule has 12 heteroatoms. The highest BCUT2D eigenvalue weighted by Crippen LogP contribution is 2.49. The van der Waals surface area contributed by atoms with Crippen LogP contribution >= 0.6 is 0 Å². The van der Waals surface area contributed by atoms with E-state index in [1.807, 2.05) is 11.2 Å². The number of hydrogen-bond donors (Lipinski definition) is 3. The van der Waals surface area contributed by atoms with Crippen LogP contribution in [0.2, 0.25) is 0 Å². The Labute approximate surface area is 252 Å². The maximum absolute atomic E-state index is 13.6. The zero-order valence-electron chi connectivity index (χ0n) is 23.7. The number of aliphatic hydroxyl groups excluding tert-OH is 1. The van der Waals surface area contributed by atoms with Crippen LogP contribution in [-0.4, -0.2) is 67.8 Å². The third-order valence-corrected chi connectivity index (χ3v) is 9.42. The summed E-state index contributed by atoms with van der Waals surface area (Å²) in [6.45, 7) is 3.70. The third-order valence-electron chi connectivity index (χ3n) is 7.99. The Kier molecular flexibility index (Phi) is 9.50. The molecule has 9 nitrogen and oxygen atoms in total. The first-order chi connectivity index (χ1) is 20.7. The summed E-state index contributed by atoms with van der Waals surface area (Å²) in [4.78, 5) is 29.3. The van der Waals surface area contributed by atoms with Gasteiger partial charge >= 0.3 is 6.03 Å². The number of urea groups is 1. The maximum atomic E-state index is 13.6. The van der Waals surface area contributed by atoms with Crippen LogP contribution in [0.4, 0.5) is 25.0 Å². The van der Waals surface area contributed by atoms with Gasteiger partial charge in [-0.2, -0.15) is 0 Å². The molecule has 2 saturated heterocycles. The summed E-state index contributed by atoms with van der Waals surface area (Å²) in [5.74, 6) is -1.29. The van der Waals surface area contributed by atoms with Crippen molar-refractivity contribution in [3.8, 4) is 5.75 Å². The number of aliphatic hydroxyl groups is 1. The number of benzene rings is 3. The van der Waals surface area contributed by atoms with Gasteiger partial charge in [0, 0.05) is 47.5 Å². The number of rotatable bonds is 9. The molecule has 3 N–H and O–H groups in total. The second-order valence-electron chi connectivity index (χ2n) is 10.6. The normalized spacial score (nSPS) is 20.4. The summed E-state index contributed by atoms with van der Waals surface area (Å²) in [5, 5.41) is 24.5. The van der Waals surface area contributed by atoms with Gasteiger partial charge in [0.25, 0.3) is 0 Å². The van der Waals surface area contributed by atoms with E-state index in [2.05, 4.69) is 5.32 Å². The van der Waals surface area contributed by atoms with Crippen LogP contribution in [-0.2, 0) is 16.2 Å². The smallest absolute Gasteiger partial charge is 0.321 e. The lowest BCUT2D eigenvalue weighted by Crippen LogP contribution is -2.55. The van der Waals surface area contributed by atoms with Crippen molar-refractivity contribution in [2.24, 2.45) is 5.92 Å². The van der Waals surface area contributed by atoms with Gasteiger partial charge in [-0.15, -0.1) is 4.31 Å². The zero-order chi connectivity index (χ0) is 30.7. The second kappa shape index (κ2) is 13.3. The molecule has 3 amide bonds. The summed E-state index contributed by atoms with van der Waals surface area (Å²) in [6.07, 6.45) is -0.403. The number of amides is 3. The first-order valence-corrected chi connectivity index (χ1v) is 15.5. The molecule has 0 bridgehead atoms. The van der Waals surface area contributed by atoms with Crippen molar-refractivity contribution in [3.05, 3.63) is 89.5 Å². The number of aromatic hydroxyl groups is 1. The fourth-order valence-electron chi connectivity index (χ4n) is 5.62. The second-order valence-corrected chi connectivity index (χ2v) is 12.3. The fourth-order valence-corrected chi connectivity index (χ4v) is 6.55. The van der Waals surface area contributed by atoms with Crippen molar-refractivity contribution in [1.29, 1.82) is 0 Å². The zero-order valence-corrected chi connectivity index (χ0v) is 24.5. The van der Waals surface area contributed by atoms with Crippen molar-refractivity contribution < 1.29 is 33.1 Å². The van der Waals surface area contributed by atoms with E-state index >= 15 is 0 Å². The van der Waals surface area contributed by atoms with Crippen LogP contribution in [0.5, 0.6) is 5.75 Å². The molecular weight excluding hydrogens is 578 g/mol. The van der Waals surface area contributed by atoms with Gasteiger partial charge in [0.2, 0.25) is 5.91 Å². The SMILES string of the molecule is CC[S@@+]([O-])N1CCN(C(=O)Nc2ccc([C@@H]3[C@@H](CC[C@H](O)c4ccc(F)cc4)C(=O)N3c3ccc(F)cc3)c(O)c2)CC1. The van der Waals surface area contributed by atoms with Crippen LogP contribution in [0.3, 0.4) is 0 Å². The lowest BCUT2D eigenvalue weighted by atomic mass is 9.78. The predicted molar refractivity (Wildman–Crippen MR) is 160 cm³/mol. The molecule has 0 aliphatic carbocycles. The van der Waals surface area contributed by atoms with Gasteiger partial charge in [-0.05, 0) is 67.8 Å². The van der Waals surface area contributed by atoms with Gasteiger partial charge < -0.3 is 29.9 Å². The first-order valence-electron chi connectivity index (χ1n) is 14.2. The summed E-state index contributed by atoms with van der Waals surface area (Å²) >= 11 is -1.06. The van der Waals surface area contributed by atoms with Crippen molar-refractivity contribution in [3.63, 3.8) is 0 Å². The molecule has 3 aromatic rings. The molecule has 2 aliphatic rings. The number of phenolic OH excluding ortho intramolecular Hbond substituents is 1. The van der Waals surface area contributed by atoms with E-state index in [0.717, 1.165) is 0 Å². The minimum Gasteiger partial charge on any atom is -0.598 e. The summed E-state index contributed by atoms with van der Waals surface area (Å²) in [6, 6.07) is 14.8. The van der Waals surface area contributed by atoms with E-state index in [-0.39, 0.29) is 30.5 Å². The highest BCUT2D eigenvalue weighted by molar-refractivity contribution is 7.89. The Morgan fingerprint density at radius 3 is 2.26 bits per heavy atom. The van der Waals surface area contributed by atoms with Gasteiger partial charge in [0.05, 0.1) is 31.2 Å².